The van der Waals surface area contributed by atoms with Crippen LogP contribution in [-0.4, -0.2) is 22.6 Å². The van der Waals surface area contributed by atoms with Gasteiger partial charge in [-0.15, -0.1) is 5.11 Å². The number of hydrogen-bond acceptors (Lipinski definition) is 4. The zero-order valence-electron chi connectivity index (χ0n) is 16.8. The molecular formula is C22H24ClN5S. The first-order valence-corrected chi connectivity index (χ1v) is 10.3. The van der Waals surface area contributed by atoms with Gasteiger partial charge < -0.3 is 22.3 Å². The maximum atomic E-state index is 4.69. The molecule has 0 spiro atoms. The minimum Gasteiger partial charge on any atom is -1.00 e. The van der Waals surface area contributed by atoms with Crippen molar-refractivity contribution < 1.29 is 12.4 Å². The first-order chi connectivity index (χ1) is 13.7. The second-order valence-electron chi connectivity index (χ2n) is 6.60. The number of nitrogens with one attached hydrogen (secondary N) is 1. The Morgan fingerprint density at radius 2 is 1.72 bits per heavy atom. The summed E-state index contributed by atoms with van der Waals surface area (Å²) >= 11 is 1.66. The summed E-state index contributed by atoms with van der Waals surface area (Å²) in [5, 5.41) is 12.5. The summed E-state index contributed by atoms with van der Waals surface area (Å²) < 4.78 is 2.04. The Morgan fingerprint density at radius 1 is 1.03 bits per heavy atom. The van der Waals surface area contributed by atoms with Crippen molar-refractivity contribution in [3.8, 4) is 11.3 Å². The lowest BCUT2D eigenvalue weighted by molar-refractivity contribution is -0.00000569. The van der Waals surface area contributed by atoms with E-state index in [0.29, 0.717) is 0 Å². The third-order valence-electron chi connectivity index (χ3n) is 4.85. The number of anilines is 1. The summed E-state index contributed by atoms with van der Waals surface area (Å²) in [5.74, 6) is 0. The van der Waals surface area contributed by atoms with Gasteiger partial charge in [-0.25, -0.2) is 4.57 Å². The minimum atomic E-state index is 0. The maximum Gasteiger partial charge on any atom is 0.319 e. The first kappa shape index (κ1) is 21.0. The van der Waals surface area contributed by atoms with E-state index in [9.17, 15) is 0 Å². The Balaban J connectivity index is 0.00000240. The van der Waals surface area contributed by atoms with E-state index in [4.69, 9.17) is 5.11 Å². The van der Waals surface area contributed by atoms with E-state index in [-0.39, 0.29) is 12.4 Å². The molecule has 0 aliphatic heterocycles. The number of aromatic nitrogens is 2. The minimum absolute atomic E-state index is 0. The van der Waals surface area contributed by atoms with E-state index < -0.39 is 0 Å². The van der Waals surface area contributed by atoms with Gasteiger partial charge in [-0.3, -0.25) is 0 Å². The molecule has 0 bridgehead atoms. The third kappa shape index (κ3) is 4.18. The fourth-order valence-electron chi connectivity index (χ4n) is 3.32. The molecule has 2 aromatic heterocycles. The highest BCUT2D eigenvalue weighted by molar-refractivity contribution is 7.19. The van der Waals surface area contributed by atoms with Gasteiger partial charge in [0, 0.05) is 36.6 Å². The van der Waals surface area contributed by atoms with Crippen LogP contribution in [0.15, 0.2) is 71.0 Å². The van der Waals surface area contributed by atoms with E-state index in [0.717, 1.165) is 46.1 Å². The lowest BCUT2D eigenvalue weighted by atomic mass is 10.1. The maximum absolute atomic E-state index is 4.69. The molecule has 29 heavy (non-hydrogen) atoms. The largest absolute Gasteiger partial charge is 1.00 e. The van der Waals surface area contributed by atoms with Crippen molar-refractivity contribution >= 4 is 38.1 Å². The lowest BCUT2D eigenvalue weighted by Crippen LogP contribution is -3.00. The average molecular weight is 426 g/mol. The van der Waals surface area contributed by atoms with Crippen molar-refractivity contribution in [3.63, 3.8) is 0 Å². The van der Waals surface area contributed by atoms with Crippen molar-refractivity contribution in [2.75, 3.05) is 18.0 Å². The van der Waals surface area contributed by atoms with Crippen LogP contribution >= 0.6 is 11.3 Å². The van der Waals surface area contributed by atoms with Gasteiger partial charge in [-0.1, -0.05) is 48.5 Å². The number of halogens is 1. The molecule has 0 amide bonds. The summed E-state index contributed by atoms with van der Waals surface area (Å²) in [5.41, 5.74) is 4.04. The Kier molecular flexibility index (Phi) is 6.67. The van der Waals surface area contributed by atoms with Gasteiger partial charge in [0.2, 0.25) is 0 Å². The number of aryl methyl sites for hydroxylation is 1. The van der Waals surface area contributed by atoms with Crippen LogP contribution in [0.2, 0.25) is 0 Å². The quantitative estimate of drug-likeness (QED) is 0.371. The smallest absolute Gasteiger partial charge is 0.319 e. The fraction of sp³-hybridized carbons (Fsp3) is 0.227. The number of H-pyrrole nitrogens is 1. The second kappa shape index (κ2) is 9.20. The van der Waals surface area contributed by atoms with Crippen LogP contribution in [0.3, 0.4) is 0 Å². The number of azo groups is 1. The van der Waals surface area contributed by atoms with E-state index in [2.05, 4.69) is 59.3 Å². The Hall–Kier alpha value is -2.70. The third-order valence-corrected chi connectivity index (χ3v) is 5.98. The number of rotatable bonds is 6. The Bertz CT molecular complexity index is 1110. The number of hydrogen-bond donors (Lipinski definition) is 1. The average Bonchev–Trinajstić information content (AvgIpc) is 3.28. The molecule has 7 heteroatoms. The van der Waals surface area contributed by atoms with Crippen LogP contribution in [0.5, 0.6) is 0 Å². The molecule has 0 saturated carbocycles. The predicted molar refractivity (Wildman–Crippen MR) is 119 cm³/mol. The molecule has 150 valence electrons. The molecule has 0 fully saturated rings. The molecule has 4 aromatic rings. The topological polar surface area (TPSA) is 48.7 Å². The highest BCUT2D eigenvalue weighted by atomic mass is 35.5. The van der Waals surface area contributed by atoms with Crippen LogP contribution < -0.4 is 17.3 Å². The molecule has 0 aliphatic carbocycles. The van der Waals surface area contributed by atoms with Crippen LogP contribution in [-0.2, 0) is 7.05 Å². The van der Waals surface area contributed by atoms with Crippen molar-refractivity contribution in [1.82, 2.24) is 9.55 Å². The Morgan fingerprint density at radius 3 is 2.45 bits per heavy atom. The van der Waals surface area contributed by atoms with Crippen LogP contribution in [0, 0.1) is 0 Å². The van der Waals surface area contributed by atoms with Crippen molar-refractivity contribution in [1.29, 1.82) is 0 Å². The summed E-state index contributed by atoms with van der Waals surface area (Å²) in [7, 11) is 2.02. The molecule has 2 aromatic carbocycles. The number of thiazole rings is 1. The predicted octanol–water partition coefficient (Wildman–Crippen LogP) is 3.78. The zero-order chi connectivity index (χ0) is 19.5. The summed E-state index contributed by atoms with van der Waals surface area (Å²) in [6, 6.07) is 18.5. The molecule has 0 unspecified atom stereocenters. The summed E-state index contributed by atoms with van der Waals surface area (Å²) in [6.45, 7) is 6.30. The molecular weight excluding hydrogens is 402 g/mol. The van der Waals surface area contributed by atoms with Crippen molar-refractivity contribution in [2.24, 2.45) is 17.3 Å². The molecule has 2 heterocycles. The Labute approximate surface area is 181 Å². The molecule has 4 rings (SSSR count). The number of para-hydroxylation sites is 1. The molecule has 5 nitrogen and oxygen atoms in total. The van der Waals surface area contributed by atoms with Crippen LogP contribution in [0.1, 0.15) is 13.8 Å². The number of aromatic amines is 1. The standard InChI is InChI=1S/C22H24N5S.ClH/c1-4-27(5-2)19-15-26(3)22(28-19)25-24-21-17-13-9-10-14-18(17)23-20(21)16-11-7-6-8-12-16;/h6-15,23H,4-5H2,1-3H3;1H/q+1;/p-1. The lowest BCUT2D eigenvalue weighted by Gasteiger charge is -2.11. The van der Waals surface area contributed by atoms with Gasteiger partial charge >= 0.3 is 5.13 Å². The molecule has 0 radical (unpaired) electrons. The zero-order valence-corrected chi connectivity index (χ0v) is 18.3. The monoisotopic (exact) mass is 425 g/mol. The number of nitrogens with zero attached hydrogens (tertiary/aromatic N) is 4. The van der Waals surface area contributed by atoms with Crippen LogP contribution in [0.25, 0.3) is 22.2 Å². The van der Waals surface area contributed by atoms with Gasteiger partial charge in [0.15, 0.2) is 6.20 Å². The van der Waals surface area contributed by atoms with Gasteiger partial charge in [-0.05, 0) is 25.0 Å². The first-order valence-electron chi connectivity index (χ1n) is 9.53. The molecule has 0 saturated heterocycles. The van der Waals surface area contributed by atoms with E-state index in [1.165, 1.54) is 5.00 Å². The highest BCUT2D eigenvalue weighted by Crippen LogP contribution is 2.39. The molecule has 1 N–H and O–H groups in total. The fourth-order valence-corrected chi connectivity index (χ4v) is 4.39. The van der Waals surface area contributed by atoms with E-state index in [1.54, 1.807) is 11.3 Å². The van der Waals surface area contributed by atoms with Crippen molar-refractivity contribution in [3.05, 3.63) is 60.8 Å². The van der Waals surface area contributed by atoms with Gasteiger partial charge in [0.1, 0.15) is 5.69 Å². The normalized spacial score (nSPS) is 11.1. The number of benzene rings is 2. The van der Waals surface area contributed by atoms with E-state index >= 15 is 0 Å². The highest BCUT2D eigenvalue weighted by Gasteiger charge is 2.19. The van der Waals surface area contributed by atoms with Gasteiger partial charge in [-0.2, -0.15) is 0 Å². The number of fused-ring (bicyclic) bond motifs is 1. The second-order valence-corrected chi connectivity index (χ2v) is 7.58. The van der Waals surface area contributed by atoms with Gasteiger partial charge in [0.25, 0.3) is 5.00 Å². The van der Waals surface area contributed by atoms with Crippen molar-refractivity contribution in [2.45, 2.75) is 13.8 Å². The molecule has 0 atom stereocenters. The van der Waals surface area contributed by atoms with Gasteiger partial charge in [0.05, 0.1) is 17.0 Å². The summed E-state index contributed by atoms with van der Waals surface area (Å²) in [6.07, 6.45) is 2.12. The SMILES string of the molecule is CCN(CC)c1cn(C)[c+](N=Nc2c(-c3ccccc3)[nH]c3ccccc23)s1.[Cl-]. The van der Waals surface area contributed by atoms with E-state index in [1.807, 2.05) is 41.9 Å². The van der Waals surface area contributed by atoms with Crippen LogP contribution in [0.4, 0.5) is 15.8 Å². The molecule has 0 aliphatic rings. The summed E-state index contributed by atoms with van der Waals surface area (Å²) in [4.78, 5) is 5.83.